The van der Waals surface area contributed by atoms with Crippen LogP contribution in [0.25, 0.3) is 0 Å². The van der Waals surface area contributed by atoms with E-state index in [-0.39, 0.29) is 11.9 Å². The fourth-order valence-corrected chi connectivity index (χ4v) is 3.48. The van der Waals surface area contributed by atoms with Gasteiger partial charge in [-0.05, 0) is 76.1 Å². The van der Waals surface area contributed by atoms with Gasteiger partial charge in [-0.1, -0.05) is 18.5 Å². The van der Waals surface area contributed by atoms with E-state index in [0.29, 0.717) is 11.4 Å². The van der Waals surface area contributed by atoms with Crippen LogP contribution in [0.3, 0.4) is 0 Å². The standard InChI is InChI=1S/C15H16BrClFNS/c1-2-5-19-14(11-8-15(16)20-9-11)7-10-6-12(18)3-4-13(10)17/h3-4,6,8-9,14,19H,2,5,7H2,1H3. The Kier molecular flexibility index (Phi) is 6.02. The number of benzene rings is 1. The summed E-state index contributed by atoms with van der Waals surface area (Å²) in [6.07, 6.45) is 1.73. The van der Waals surface area contributed by atoms with Crippen LogP contribution in [0, 0.1) is 5.82 Å². The first-order valence-corrected chi connectivity index (χ1v) is 8.56. The largest absolute Gasteiger partial charge is 0.310 e. The van der Waals surface area contributed by atoms with Gasteiger partial charge in [0.15, 0.2) is 0 Å². The quantitative estimate of drug-likeness (QED) is 0.693. The van der Waals surface area contributed by atoms with Gasteiger partial charge in [0.1, 0.15) is 5.82 Å². The molecule has 1 nitrogen and oxygen atoms in total. The van der Waals surface area contributed by atoms with Crippen LogP contribution >= 0.6 is 38.9 Å². The minimum Gasteiger partial charge on any atom is -0.310 e. The molecule has 108 valence electrons. The van der Waals surface area contributed by atoms with E-state index in [4.69, 9.17) is 11.6 Å². The molecular formula is C15H16BrClFNS. The smallest absolute Gasteiger partial charge is 0.123 e. The van der Waals surface area contributed by atoms with Gasteiger partial charge in [0.05, 0.1) is 3.79 Å². The van der Waals surface area contributed by atoms with Gasteiger partial charge in [-0.15, -0.1) is 11.3 Å². The molecule has 0 spiro atoms. The lowest BCUT2D eigenvalue weighted by Crippen LogP contribution is -2.23. The Balaban J connectivity index is 2.21. The number of hydrogen-bond donors (Lipinski definition) is 1. The monoisotopic (exact) mass is 375 g/mol. The van der Waals surface area contributed by atoms with E-state index in [1.54, 1.807) is 17.4 Å². The Morgan fingerprint density at radius 1 is 1.40 bits per heavy atom. The fraction of sp³-hybridized carbons (Fsp3) is 0.333. The molecule has 20 heavy (non-hydrogen) atoms. The van der Waals surface area contributed by atoms with Crippen LogP contribution in [-0.2, 0) is 6.42 Å². The predicted molar refractivity (Wildman–Crippen MR) is 88.2 cm³/mol. The molecule has 5 heteroatoms. The minimum absolute atomic E-state index is 0.150. The van der Waals surface area contributed by atoms with E-state index in [0.717, 1.165) is 22.3 Å². The van der Waals surface area contributed by atoms with Gasteiger partial charge in [0, 0.05) is 11.1 Å². The van der Waals surface area contributed by atoms with Crippen molar-refractivity contribution in [2.45, 2.75) is 25.8 Å². The Bertz CT molecular complexity index is 573. The Morgan fingerprint density at radius 2 is 2.20 bits per heavy atom. The molecule has 0 aliphatic rings. The van der Waals surface area contributed by atoms with Crippen molar-refractivity contribution in [1.29, 1.82) is 0 Å². The van der Waals surface area contributed by atoms with Gasteiger partial charge in [0.2, 0.25) is 0 Å². The van der Waals surface area contributed by atoms with Crippen LogP contribution in [0.4, 0.5) is 4.39 Å². The predicted octanol–water partition coefficient (Wildman–Crippen LogP) is 5.59. The third-order valence-corrected chi connectivity index (χ3v) is 4.95. The molecule has 1 heterocycles. The lowest BCUT2D eigenvalue weighted by molar-refractivity contribution is 0.528. The molecule has 2 rings (SSSR count). The highest BCUT2D eigenvalue weighted by atomic mass is 79.9. The summed E-state index contributed by atoms with van der Waals surface area (Å²) in [5.41, 5.74) is 2.04. The molecule has 1 atom stereocenters. The summed E-state index contributed by atoms with van der Waals surface area (Å²) in [5.74, 6) is -0.245. The van der Waals surface area contributed by atoms with Crippen molar-refractivity contribution in [3.05, 3.63) is 55.4 Å². The van der Waals surface area contributed by atoms with Gasteiger partial charge in [-0.25, -0.2) is 4.39 Å². The van der Waals surface area contributed by atoms with Gasteiger partial charge in [0.25, 0.3) is 0 Å². The second-order valence-electron chi connectivity index (χ2n) is 4.63. The molecule has 0 fully saturated rings. The SMILES string of the molecule is CCCNC(Cc1cc(F)ccc1Cl)c1csc(Br)c1. The fourth-order valence-electron chi connectivity index (χ4n) is 2.05. The Morgan fingerprint density at radius 3 is 2.85 bits per heavy atom. The summed E-state index contributed by atoms with van der Waals surface area (Å²) in [4.78, 5) is 0. The molecule has 1 N–H and O–H groups in total. The van der Waals surface area contributed by atoms with Crippen LogP contribution in [-0.4, -0.2) is 6.54 Å². The normalized spacial score (nSPS) is 12.6. The molecule has 2 aromatic rings. The highest BCUT2D eigenvalue weighted by Crippen LogP contribution is 2.29. The first-order chi connectivity index (χ1) is 9.60. The van der Waals surface area contributed by atoms with Crippen LogP contribution in [0.5, 0.6) is 0 Å². The zero-order valence-corrected chi connectivity index (χ0v) is 14.3. The van der Waals surface area contributed by atoms with Crippen LogP contribution in [0.1, 0.15) is 30.5 Å². The summed E-state index contributed by atoms with van der Waals surface area (Å²) in [6, 6.07) is 6.78. The number of hydrogen-bond acceptors (Lipinski definition) is 2. The van der Waals surface area contributed by atoms with Gasteiger partial charge in [-0.2, -0.15) is 0 Å². The second kappa shape index (κ2) is 7.55. The highest BCUT2D eigenvalue weighted by molar-refractivity contribution is 9.11. The molecule has 1 unspecified atom stereocenters. The van der Waals surface area contributed by atoms with E-state index in [1.165, 1.54) is 17.7 Å². The van der Waals surface area contributed by atoms with E-state index in [9.17, 15) is 4.39 Å². The number of rotatable bonds is 6. The molecule has 0 saturated heterocycles. The zero-order valence-electron chi connectivity index (χ0n) is 11.1. The van der Waals surface area contributed by atoms with E-state index >= 15 is 0 Å². The molecule has 1 aromatic heterocycles. The van der Waals surface area contributed by atoms with Crippen LogP contribution in [0.2, 0.25) is 5.02 Å². The van der Waals surface area contributed by atoms with Gasteiger partial charge < -0.3 is 5.32 Å². The maximum absolute atomic E-state index is 13.4. The number of halogens is 3. The first-order valence-electron chi connectivity index (χ1n) is 6.51. The van der Waals surface area contributed by atoms with Crippen LogP contribution in [0.15, 0.2) is 33.4 Å². The van der Waals surface area contributed by atoms with Crippen molar-refractivity contribution < 1.29 is 4.39 Å². The average Bonchev–Trinajstić information content (AvgIpc) is 2.85. The van der Waals surface area contributed by atoms with Crippen molar-refractivity contribution in [1.82, 2.24) is 5.32 Å². The number of thiophene rings is 1. The molecule has 0 amide bonds. The third-order valence-electron chi connectivity index (χ3n) is 3.06. The molecule has 0 aliphatic carbocycles. The molecule has 0 radical (unpaired) electrons. The lowest BCUT2D eigenvalue weighted by Gasteiger charge is -2.18. The highest BCUT2D eigenvalue weighted by Gasteiger charge is 2.15. The van der Waals surface area contributed by atoms with E-state index in [1.807, 2.05) is 0 Å². The van der Waals surface area contributed by atoms with Gasteiger partial charge >= 0.3 is 0 Å². The summed E-state index contributed by atoms with van der Waals surface area (Å²) >= 11 is 11.3. The summed E-state index contributed by atoms with van der Waals surface area (Å²) in [7, 11) is 0. The second-order valence-corrected chi connectivity index (χ2v) is 7.33. The summed E-state index contributed by atoms with van der Waals surface area (Å²) in [5, 5.41) is 6.23. The maximum Gasteiger partial charge on any atom is 0.123 e. The zero-order chi connectivity index (χ0) is 14.5. The van der Waals surface area contributed by atoms with E-state index < -0.39 is 0 Å². The maximum atomic E-state index is 13.4. The van der Waals surface area contributed by atoms with Crippen molar-refractivity contribution >= 4 is 38.9 Å². The first kappa shape index (κ1) is 16.0. The lowest BCUT2D eigenvalue weighted by atomic mass is 10.0. The van der Waals surface area contributed by atoms with Crippen molar-refractivity contribution in [3.8, 4) is 0 Å². The molecule has 1 aromatic carbocycles. The Labute approximate surface area is 136 Å². The number of nitrogens with one attached hydrogen (secondary N) is 1. The van der Waals surface area contributed by atoms with Crippen LogP contribution < -0.4 is 5.32 Å². The molecular weight excluding hydrogens is 361 g/mol. The minimum atomic E-state index is -0.245. The van der Waals surface area contributed by atoms with Crippen molar-refractivity contribution in [2.75, 3.05) is 6.54 Å². The van der Waals surface area contributed by atoms with E-state index in [2.05, 4.69) is 39.6 Å². The van der Waals surface area contributed by atoms with Crippen molar-refractivity contribution in [3.63, 3.8) is 0 Å². The molecule has 0 saturated carbocycles. The summed E-state index contributed by atoms with van der Waals surface area (Å²) < 4.78 is 14.5. The third kappa shape index (κ3) is 4.29. The molecule has 0 aliphatic heterocycles. The topological polar surface area (TPSA) is 12.0 Å². The molecule has 0 bridgehead atoms. The average molecular weight is 377 g/mol. The summed E-state index contributed by atoms with van der Waals surface area (Å²) in [6.45, 7) is 3.05. The Hall–Kier alpha value is -0.420. The van der Waals surface area contributed by atoms with Gasteiger partial charge in [-0.3, -0.25) is 0 Å². The van der Waals surface area contributed by atoms with Crippen molar-refractivity contribution in [2.24, 2.45) is 0 Å².